The molecule has 33 heavy (non-hydrogen) atoms. The minimum atomic E-state index is -4.51. The number of halogens is 5. The van der Waals surface area contributed by atoms with E-state index in [1.807, 2.05) is 0 Å². The van der Waals surface area contributed by atoms with Crippen LogP contribution in [-0.2, 0) is 27.5 Å². The summed E-state index contributed by atoms with van der Waals surface area (Å²) in [6.07, 6.45) is -4.51. The van der Waals surface area contributed by atoms with Gasteiger partial charge in [-0.05, 0) is 54.1 Å². The lowest BCUT2D eigenvalue weighted by Gasteiger charge is -2.22. The lowest BCUT2D eigenvalue weighted by atomic mass is 10.2. The van der Waals surface area contributed by atoms with Crippen LogP contribution in [0.25, 0.3) is 0 Å². The number of hydrogen-bond acceptors (Lipinski definition) is 3. The Kier molecular flexibility index (Phi) is 7.69. The highest BCUT2D eigenvalue weighted by Gasteiger charge is 2.30. The molecule has 0 spiro atoms. The molecule has 0 radical (unpaired) electrons. The second kappa shape index (κ2) is 10.1. The van der Waals surface area contributed by atoms with Crippen LogP contribution >= 0.6 is 23.2 Å². The number of sulfonamides is 1. The highest BCUT2D eigenvalue weighted by molar-refractivity contribution is 7.89. The fourth-order valence-electron chi connectivity index (χ4n) is 2.91. The minimum absolute atomic E-state index is 0.0302. The molecule has 0 aromatic heterocycles. The molecule has 0 atom stereocenters. The molecule has 3 aromatic carbocycles. The standard InChI is InChI=1S/C22H17Cl2F3N2O3S/c23-17-9-6-15(20(24)12-17)13-29(33(31,32)19-4-2-1-3-5-19)14-21(30)28-18-10-7-16(8-11-18)22(25,26)27/h1-12H,13-14H2,(H,28,30). The maximum atomic E-state index is 13.2. The van der Waals surface area contributed by atoms with E-state index in [9.17, 15) is 26.4 Å². The Balaban J connectivity index is 1.85. The molecule has 3 rings (SSSR count). The summed E-state index contributed by atoms with van der Waals surface area (Å²) in [6, 6.07) is 15.9. The van der Waals surface area contributed by atoms with Gasteiger partial charge in [-0.25, -0.2) is 8.42 Å². The number of carbonyl (C=O) groups is 1. The Morgan fingerprint density at radius 1 is 0.939 bits per heavy atom. The number of hydrogen-bond donors (Lipinski definition) is 1. The molecule has 0 unspecified atom stereocenters. The van der Waals surface area contributed by atoms with E-state index in [1.54, 1.807) is 30.3 Å². The number of alkyl halides is 3. The minimum Gasteiger partial charge on any atom is -0.325 e. The van der Waals surface area contributed by atoms with E-state index >= 15 is 0 Å². The fourth-order valence-corrected chi connectivity index (χ4v) is 4.77. The van der Waals surface area contributed by atoms with Gasteiger partial charge in [-0.15, -0.1) is 0 Å². The largest absolute Gasteiger partial charge is 0.416 e. The first-order valence-electron chi connectivity index (χ1n) is 9.43. The first-order chi connectivity index (χ1) is 15.5. The van der Waals surface area contributed by atoms with Gasteiger partial charge in [0.05, 0.1) is 17.0 Å². The molecule has 0 saturated carbocycles. The third-order valence-corrected chi connectivity index (χ3v) is 6.95. The van der Waals surface area contributed by atoms with Gasteiger partial charge in [0.1, 0.15) is 0 Å². The Bertz CT molecular complexity index is 1240. The van der Waals surface area contributed by atoms with Crippen LogP contribution in [0, 0.1) is 0 Å². The van der Waals surface area contributed by atoms with Gasteiger partial charge in [0, 0.05) is 22.3 Å². The second-order valence-electron chi connectivity index (χ2n) is 6.95. The summed E-state index contributed by atoms with van der Waals surface area (Å²) in [5, 5.41) is 3.00. The van der Waals surface area contributed by atoms with Crippen molar-refractivity contribution in [2.75, 3.05) is 11.9 Å². The summed E-state index contributed by atoms with van der Waals surface area (Å²) in [5.74, 6) is -0.737. The van der Waals surface area contributed by atoms with Gasteiger partial charge < -0.3 is 5.32 Å². The van der Waals surface area contributed by atoms with Gasteiger partial charge in [-0.3, -0.25) is 4.79 Å². The molecular formula is C22H17Cl2F3N2O3S. The Morgan fingerprint density at radius 2 is 1.58 bits per heavy atom. The summed E-state index contributed by atoms with van der Waals surface area (Å²) in [7, 11) is -4.11. The van der Waals surface area contributed by atoms with Crippen molar-refractivity contribution in [3.8, 4) is 0 Å². The van der Waals surface area contributed by atoms with Crippen LogP contribution in [0.1, 0.15) is 11.1 Å². The predicted octanol–water partition coefficient (Wildman–Crippen LogP) is 5.84. The first kappa shape index (κ1) is 25.0. The van der Waals surface area contributed by atoms with Gasteiger partial charge in [-0.1, -0.05) is 47.5 Å². The number of nitrogens with zero attached hydrogens (tertiary/aromatic N) is 1. The number of benzene rings is 3. The summed E-state index contributed by atoms with van der Waals surface area (Å²) >= 11 is 12.1. The molecule has 0 aliphatic heterocycles. The van der Waals surface area contributed by atoms with Crippen LogP contribution in [0.3, 0.4) is 0 Å². The number of rotatable bonds is 7. The normalized spacial score (nSPS) is 12.1. The van der Waals surface area contributed by atoms with Crippen molar-refractivity contribution < 1.29 is 26.4 Å². The molecule has 0 heterocycles. The average molecular weight is 517 g/mol. The molecule has 5 nitrogen and oxygen atoms in total. The molecule has 0 aliphatic rings. The molecule has 0 saturated heterocycles. The van der Waals surface area contributed by atoms with Crippen molar-refractivity contribution in [2.45, 2.75) is 17.6 Å². The second-order valence-corrected chi connectivity index (χ2v) is 9.73. The van der Waals surface area contributed by atoms with Crippen LogP contribution < -0.4 is 5.32 Å². The maximum absolute atomic E-state index is 13.2. The third kappa shape index (κ3) is 6.48. The van der Waals surface area contributed by atoms with Gasteiger partial charge >= 0.3 is 6.18 Å². The van der Waals surface area contributed by atoms with E-state index < -0.39 is 34.2 Å². The van der Waals surface area contributed by atoms with Crippen molar-refractivity contribution >= 4 is 44.8 Å². The highest BCUT2D eigenvalue weighted by atomic mass is 35.5. The van der Waals surface area contributed by atoms with E-state index in [1.165, 1.54) is 18.2 Å². The molecule has 11 heteroatoms. The lowest BCUT2D eigenvalue weighted by Crippen LogP contribution is -2.37. The molecule has 1 N–H and O–H groups in total. The average Bonchev–Trinajstić information content (AvgIpc) is 2.75. The summed E-state index contributed by atoms with van der Waals surface area (Å²) in [4.78, 5) is 12.6. The van der Waals surface area contributed by atoms with Crippen molar-refractivity contribution in [1.29, 1.82) is 0 Å². The third-order valence-electron chi connectivity index (χ3n) is 4.56. The van der Waals surface area contributed by atoms with Crippen LogP contribution in [0.15, 0.2) is 77.7 Å². The highest BCUT2D eigenvalue weighted by Crippen LogP contribution is 2.30. The van der Waals surface area contributed by atoms with Gasteiger partial charge in [0.2, 0.25) is 15.9 Å². The molecule has 174 valence electrons. The van der Waals surface area contributed by atoms with E-state index in [2.05, 4.69) is 5.32 Å². The fraction of sp³-hybridized carbons (Fsp3) is 0.136. The first-order valence-corrected chi connectivity index (χ1v) is 11.6. The van der Waals surface area contributed by atoms with E-state index in [4.69, 9.17) is 23.2 Å². The van der Waals surface area contributed by atoms with Crippen molar-refractivity contribution in [1.82, 2.24) is 4.31 Å². The number of anilines is 1. The van der Waals surface area contributed by atoms with Crippen molar-refractivity contribution in [3.63, 3.8) is 0 Å². The number of amides is 1. The molecular weight excluding hydrogens is 500 g/mol. The Labute approximate surface area is 198 Å². The zero-order valence-corrected chi connectivity index (χ0v) is 19.1. The molecule has 0 aliphatic carbocycles. The van der Waals surface area contributed by atoms with E-state index in [0.717, 1.165) is 28.6 Å². The van der Waals surface area contributed by atoms with Crippen LogP contribution in [0.2, 0.25) is 10.0 Å². The smallest absolute Gasteiger partial charge is 0.325 e. The van der Waals surface area contributed by atoms with E-state index in [0.29, 0.717) is 10.6 Å². The lowest BCUT2D eigenvalue weighted by molar-refractivity contribution is -0.137. The van der Waals surface area contributed by atoms with Crippen LogP contribution in [0.5, 0.6) is 0 Å². The van der Waals surface area contributed by atoms with Crippen molar-refractivity contribution in [2.24, 2.45) is 0 Å². The SMILES string of the molecule is O=C(CN(Cc1ccc(Cl)cc1Cl)S(=O)(=O)c1ccccc1)Nc1ccc(C(F)(F)F)cc1. The van der Waals surface area contributed by atoms with Gasteiger partial charge in [-0.2, -0.15) is 17.5 Å². The quantitative estimate of drug-likeness (QED) is 0.428. The van der Waals surface area contributed by atoms with E-state index in [-0.39, 0.29) is 22.2 Å². The predicted molar refractivity (Wildman–Crippen MR) is 121 cm³/mol. The zero-order chi connectivity index (χ0) is 24.2. The maximum Gasteiger partial charge on any atom is 0.416 e. The summed E-state index contributed by atoms with van der Waals surface area (Å²) in [6.45, 7) is -0.829. The number of nitrogens with one attached hydrogen (secondary N) is 1. The Hall–Kier alpha value is -2.59. The summed E-state index contributed by atoms with van der Waals surface area (Å²) in [5.41, 5.74) is -0.358. The monoisotopic (exact) mass is 516 g/mol. The van der Waals surface area contributed by atoms with Crippen LogP contribution in [-0.4, -0.2) is 25.2 Å². The van der Waals surface area contributed by atoms with Gasteiger partial charge in [0.15, 0.2) is 0 Å². The Morgan fingerprint density at radius 3 is 2.15 bits per heavy atom. The van der Waals surface area contributed by atoms with Crippen molar-refractivity contribution in [3.05, 3.63) is 94.0 Å². The number of carbonyl (C=O) groups excluding carboxylic acids is 1. The molecule has 0 bridgehead atoms. The zero-order valence-electron chi connectivity index (χ0n) is 16.8. The topological polar surface area (TPSA) is 66.5 Å². The van der Waals surface area contributed by atoms with Crippen LogP contribution in [0.4, 0.5) is 18.9 Å². The van der Waals surface area contributed by atoms with Gasteiger partial charge in [0.25, 0.3) is 0 Å². The molecule has 0 fully saturated rings. The molecule has 1 amide bonds. The molecule has 3 aromatic rings. The summed E-state index contributed by atoms with van der Waals surface area (Å²) < 4.78 is 65.5.